The Morgan fingerprint density at radius 2 is 1.20 bits per heavy atom. The van der Waals surface area contributed by atoms with Crippen molar-refractivity contribution >= 4 is 71.6 Å². The van der Waals surface area contributed by atoms with Gasteiger partial charge < -0.3 is 9.47 Å². The summed E-state index contributed by atoms with van der Waals surface area (Å²) >= 11 is 0. The minimum absolute atomic E-state index is 0.241. The number of hydrogen-bond acceptors (Lipinski definition) is 2. The van der Waals surface area contributed by atoms with E-state index < -0.39 is 0 Å². The van der Waals surface area contributed by atoms with Crippen LogP contribution in [0.1, 0.15) is 25.1 Å². The fourth-order valence-electron chi connectivity index (χ4n) is 8.33. The second-order valence-corrected chi connectivity index (χ2v) is 14.2. The maximum Gasteiger partial charge on any atom is 0.123 e. The second kappa shape index (κ2) is 13.1. The quantitative estimate of drug-likeness (QED) is 0.154. The van der Waals surface area contributed by atoms with Crippen molar-refractivity contribution in [2.24, 2.45) is 0 Å². The molecular weight excluding hydrogens is 674 g/mol. The van der Waals surface area contributed by atoms with E-state index in [1.54, 1.807) is 0 Å². The average molecular weight is 710 g/mol. The van der Waals surface area contributed by atoms with Crippen molar-refractivity contribution < 1.29 is 4.39 Å². The molecule has 0 aliphatic carbocycles. The van der Waals surface area contributed by atoms with Crippen molar-refractivity contribution in [2.45, 2.75) is 13.8 Å². The molecule has 0 fully saturated rings. The second-order valence-electron chi connectivity index (χ2n) is 14.2. The molecule has 4 heteroatoms. The van der Waals surface area contributed by atoms with Gasteiger partial charge in [-0.15, -0.1) is 0 Å². The first-order valence-electron chi connectivity index (χ1n) is 18.7. The molecule has 0 aliphatic heterocycles. The number of fused-ring (bicyclic) bond motifs is 1. The molecule has 10 aromatic rings. The highest BCUT2D eigenvalue weighted by atomic mass is 19.1. The molecule has 0 spiro atoms. The molecule has 0 saturated carbocycles. The Kier molecular flexibility index (Phi) is 7.77. The number of allylic oxidation sites excluding steroid dienone is 2. The highest BCUT2D eigenvalue weighted by Crippen LogP contribution is 2.43. The number of benzene rings is 8. The Balaban J connectivity index is 1.08. The Labute approximate surface area is 319 Å². The predicted octanol–water partition coefficient (Wildman–Crippen LogP) is 14.1. The van der Waals surface area contributed by atoms with Crippen LogP contribution in [-0.2, 0) is 0 Å². The van der Waals surface area contributed by atoms with E-state index in [1.165, 1.54) is 61.2 Å². The molecule has 10 rings (SSSR count). The highest BCUT2D eigenvalue weighted by Gasteiger charge is 2.20. The van der Waals surface area contributed by atoms with Gasteiger partial charge in [0.1, 0.15) is 5.82 Å². The van der Waals surface area contributed by atoms with E-state index >= 15 is 0 Å². The zero-order valence-corrected chi connectivity index (χ0v) is 30.5. The molecule has 8 aromatic carbocycles. The summed E-state index contributed by atoms with van der Waals surface area (Å²) < 4.78 is 16.4. The Morgan fingerprint density at radius 1 is 0.527 bits per heavy atom. The fraction of sp³-hybridized carbons (Fsp3) is 0.0392. The van der Waals surface area contributed by atoms with Gasteiger partial charge in [-0.05, 0) is 142 Å². The zero-order chi connectivity index (χ0) is 37.0. The van der Waals surface area contributed by atoms with E-state index in [0.29, 0.717) is 0 Å². The van der Waals surface area contributed by atoms with Gasteiger partial charge in [0.15, 0.2) is 0 Å². The lowest BCUT2D eigenvalue weighted by Gasteiger charge is -2.25. The molecule has 55 heavy (non-hydrogen) atoms. The van der Waals surface area contributed by atoms with Crippen LogP contribution in [0.4, 0.5) is 21.5 Å². The van der Waals surface area contributed by atoms with E-state index in [1.807, 2.05) is 30.5 Å². The number of anilines is 3. The van der Waals surface area contributed by atoms with Gasteiger partial charge in [0.2, 0.25) is 0 Å². The Hall–Kier alpha value is -7.04. The van der Waals surface area contributed by atoms with Gasteiger partial charge in [0.25, 0.3) is 0 Å². The van der Waals surface area contributed by atoms with Crippen molar-refractivity contribution in [2.75, 3.05) is 4.90 Å². The van der Waals surface area contributed by atoms with Crippen LogP contribution in [0.2, 0.25) is 0 Å². The third-order valence-electron chi connectivity index (χ3n) is 11.1. The summed E-state index contributed by atoms with van der Waals surface area (Å²) in [6, 6.07) is 60.6. The number of halogens is 1. The summed E-state index contributed by atoms with van der Waals surface area (Å²) in [5.74, 6) is -0.241. The molecule has 0 atom stereocenters. The molecule has 0 aliphatic rings. The molecule has 262 valence electrons. The monoisotopic (exact) mass is 709 g/mol. The summed E-state index contributed by atoms with van der Waals surface area (Å²) in [6.07, 6.45) is 1.97. The van der Waals surface area contributed by atoms with Crippen LogP contribution in [0, 0.1) is 5.82 Å². The Bertz CT molecular complexity index is 3000. The number of hydrogen-bond donors (Lipinski definition) is 0. The first-order chi connectivity index (χ1) is 27.0. The van der Waals surface area contributed by atoms with Gasteiger partial charge in [-0.1, -0.05) is 97.1 Å². The van der Waals surface area contributed by atoms with Gasteiger partial charge in [0, 0.05) is 27.8 Å². The van der Waals surface area contributed by atoms with Gasteiger partial charge >= 0.3 is 0 Å². The Morgan fingerprint density at radius 3 is 1.91 bits per heavy atom. The topological polar surface area (TPSA) is 21.1 Å². The number of nitrogens with zero attached hydrogens (tertiary/aromatic N) is 3. The smallest absolute Gasteiger partial charge is 0.123 e. The van der Waals surface area contributed by atoms with Crippen LogP contribution in [0.5, 0.6) is 0 Å². The van der Waals surface area contributed by atoms with Crippen LogP contribution in [0.3, 0.4) is 0 Å². The molecule has 2 aromatic heterocycles. The minimum atomic E-state index is -0.241. The summed E-state index contributed by atoms with van der Waals surface area (Å²) in [7, 11) is 0. The van der Waals surface area contributed by atoms with Gasteiger partial charge in [-0.25, -0.2) is 4.39 Å². The number of pyridine rings is 1. The highest BCUT2D eigenvalue weighted by molar-refractivity contribution is 6.25. The predicted molar refractivity (Wildman–Crippen MR) is 229 cm³/mol. The van der Waals surface area contributed by atoms with Crippen molar-refractivity contribution in [3.63, 3.8) is 0 Å². The van der Waals surface area contributed by atoms with E-state index in [0.717, 1.165) is 50.6 Å². The van der Waals surface area contributed by atoms with E-state index in [2.05, 4.69) is 163 Å². The van der Waals surface area contributed by atoms with Crippen molar-refractivity contribution in [3.8, 4) is 16.8 Å². The zero-order valence-electron chi connectivity index (χ0n) is 30.5. The molecule has 3 nitrogen and oxygen atoms in total. The summed E-state index contributed by atoms with van der Waals surface area (Å²) in [4.78, 5) is 7.25. The largest absolute Gasteiger partial charge is 0.309 e. The number of rotatable bonds is 7. The van der Waals surface area contributed by atoms with Gasteiger partial charge in [-0.2, -0.15) is 0 Å². The van der Waals surface area contributed by atoms with Crippen molar-refractivity contribution in [3.05, 3.63) is 199 Å². The molecule has 2 heterocycles. The third kappa shape index (κ3) is 5.45. The average Bonchev–Trinajstić information content (AvgIpc) is 3.58. The molecule has 0 amide bonds. The third-order valence-corrected chi connectivity index (χ3v) is 11.1. The molecule has 0 radical (unpaired) electrons. The molecule has 0 bridgehead atoms. The van der Waals surface area contributed by atoms with Crippen molar-refractivity contribution in [1.29, 1.82) is 0 Å². The normalized spacial score (nSPS) is 12.2. The van der Waals surface area contributed by atoms with Crippen LogP contribution in [0.15, 0.2) is 182 Å². The summed E-state index contributed by atoms with van der Waals surface area (Å²) in [5, 5.41) is 7.23. The molecule has 0 unspecified atom stereocenters. The van der Waals surface area contributed by atoms with E-state index in [4.69, 9.17) is 4.98 Å². The lowest BCUT2D eigenvalue weighted by Crippen LogP contribution is -2.10. The first-order valence-corrected chi connectivity index (χ1v) is 18.7. The van der Waals surface area contributed by atoms with Gasteiger partial charge in [-0.3, -0.25) is 4.98 Å². The summed E-state index contributed by atoms with van der Waals surface area (Å²) in [5.41, 5.74) is 13.1. The molecular formula is C51H36FN3. The van der Waals surface area contributed by atoms with Crippen LogP contribution < -0.4 is 4.90 Å². The fourth-order valence-corrected chi connectivity index (χ4v) is 8.33. The lowest BCUT2D eigenvalue weighted by molar-refractivity contribution is 0.627. The van der Waals surface area contributed by atoms with E-state index in [-0.39, 0.29) is 5.82 Å². The number of para-hydroxylation sites is 2. The lowest BCUT2D eigenvalue weighted by atomic mass is 9.89. The van der Waals surface area contributed by atoms with Crippen LogP contribution in [-0.4, -0.2) is 9.55 Å². The SMILES string of the molecule is CC(=C(C)c1ccc(-c2cc3ccc4cccc5c4c3c(c2)n5-c2ccc(F)cc2)c2ccccc12)c1ccc(N(c2ccccc2)c2ccccc2)cn1. The minimum Gasteiger partial charge on any atom is -0.309 e. The molecule has 0 saturated heterocycles. The van der Waals surface area contributed by atoms with Crippen LogP contribution >= 0.6 is 0 Å². The maximum atomic E-state index is 14.1. The number of aromatic nitrogens is 2. The van der Waals surface area contributed by atoms with E-state index in [9.17, 15) is 4.39 Å². The first kappa shape index (κ1) is 32.6. The standard InChI is InChI=1S/C51H36FN3/c1-33(34(2)47-29-26-42(32-53-47)54(39-13-5-3-6-14-39)40-15-7-4-8-16-40)43-27-28-44(46-18-10-9-17-45(43)46)37-30-36-21-20-35-12-11-19-48-50(35)51(36)49(31-37)55(48)41-24-22-38(52)23-25-41/h3-32H,1-2H3. The van der Waals surface area contributed by atoms with Crippen molar-refractivity contribution in [1.82, 2.24) is 9.55 Å². The maximum absolute atomic E-state index is 14.1. The summed E-state index contributed by atoms with van der Waals surface area (Å²) in [6.45, 7) is 4.37. The molecule has 0 N–H and O–H groups in total. The van der Waals surface area contributed by atoms with Crippen LogP contribution in [0.25, 0.3) is 71.3 Å². The van der Waals surface area contributed by atoms with Gasteiger partial charge in [0.05, 0.1) is 28.6 Å².